The quantitative estimate of drug-likeness (QED) is 0.825. The van der Waals surface area contributed by atoms with Crippen LogP contribution in [-0.2, 0) is 6.42 Å². The van der Waals surface area contributed by atoms with Crippen LogP contribution in [0, 0.1) is 5.92 Å². The van der Waals surface area contributed by atoms with Gasteiger partial charge in [-0.2, -0.15) is 0 Å². The second-order valence-corrected chi connectivity index (χ2v) is 6.06. The molecule has 2 heterocycles. The molecule has 0 aliphatic carbocycles. The number of nitrogens with one attached hydrogen (secondary N) is 2. The second kappa shape index (κ2) is 5.73. The van der Waals surface area contributed by atoms with E-state index in [0.717, 1.165) is 44.8 Å². The Labute approximate surface area is 120 Å². The van der Waals surface area contributed by atoms with E-state index >= 15 is 0 Å². The summed E-state index contributed by atoms with van der Waals surface area (Å²) in [4.78, 5) is 14.2. The Bertz CT molecular complexity index is 480. The number of hydrogen-bond acceptors (Lipinski definition) is 2. The van der Waals surface area contributed by atoms with Gasteiger partial charge in [-0.05, 0) is 36.8 Å². The molecule has 2 aliphatic rings. The minimum Gasteiger partial charge on any atom is -0.383 e. The van der Waals surface area contributed by atoms with Gasteiger partial charge in [-0.1, -0.05) is 25.1 Å². The van der Waals surface area contributed by atoms with E-state index in [4.69, 9.17) is 0 Å². The third kappa shape index (κ3) is 2.89. The molecule has 0 saturated carbocycles. The Morgan fingerprint density at radius 1 is 1.30 bits per heavy atom. The van der Waals surface area contributed by atoms with Crippen LogP contribution >= 0.6 is 0 Å². The van der Waals surface area contributed by atoms with Crippen molar-refractivity contribution in [2.45, 2.75) is 32.2 Å². The van der Waals surface area contributed by atoms with Gasteiger partial charge in [-0.25, -0.2) is 4.79 Å². The molecular formula is C16H23N3O. The summed E-state index contributed by atoms with van der Waals surface area (Å²) in [6.07, 6.45) is 3.16. The number of hydrogen-bond donors (Lipinski definition) is 2. The number of fused-ring (bicyclic) bond motifs is 1. The molecule has 0 bridgehead atoms. The summed E-state index contributed by atoms with van der Waals surface area (Å²) < 4.78 is 0. The van der Waals surface area contributed by atoms with E-state index < -0.39 is 0 Å². The maximum atomic E-state index is 12.3. The third-order valence-corrected chi connectivity index (χ3v) is 4.42. The standard InChI is InChI=1S/C16H23N3O/c1-12-6-8-19(9-7-12)16(20)18-14-10-13-4-2-3-5-15(13)17-11-14/h2-5,12,14,17H,6-11H2,1H3,(H,18,20). The topological polar surface area (TPSA) is 44.4 Å². The van der Waals surface area contributed by atoms with Crippen LogP contribution in [0.5, 0.6) is 0 Å². The monoisotopic (exact) mass is 273 g/mol. The van der Waals surface area contributed by atoms with Gasteiger partial charge in [0, 0.05) is 25.3 Å². The summed E-state index contributed by atoms with van der Waals surface area (Å²) in [6, 6.07) is 8.61. The van der Waals surface area contributed by atoms with Gasteiger partial charge in [0.1, 0.15) is 0 Å². The predicted octanol–water partition coefficient (Wildman–Crippen LogP) is 2.46. The van der Waals surface area contributed by atoms with Gasteiger partial charge in [0.2, 0.25) is 0 Å². The number of para-hydroxylation sites is 1. The fourth-order valence-electron chi connectivity index (χ4n) is 3.02. The molecule has 20 heavy (non-hydrogen) atoms. The first-order chi connectivity index (χ1) is 9.72. The summed E-state index contributed by atoms with van der Waals surface area (Å²) >= 11 is 0. The number of rotatable bonds is 1. The van der Waals surface area contributed by atoms with Gasteiger partial charge in [-0.3, -0.25) is 0 Å². The summed E-state index contributed by atoms with van der Waals surface area (Å²) in [5.74, 6) is 0.752. The van der Waals surface area contributed by atoms with Gasteiger partial charge < -0.3 is 15.5 Å². The van der Waals surface area contributed by atoms with Crippen LogP contribution < -0.4 is 10.6 Å². The average molecular weight is 273 g/mol. The molecule has 1 aromatic carbocycles. The molecule has 1 aromatic rings. The van der Waals surface area contributed by atoms with Crippen LogP contribution in [0.2, 0.25) is 0 Å². The van der Waals surface area contributed by atoms with Crippen LogP contribution in [-0.4, -0.2) is 36.6 Å². The molecule has 3 rings (SSSR count). The van der Waals surface area contributed by atoms with E-state index in [9.17, 15) is 4.79 Å². The van der Waals surface area contributed by atoms with E-state index in [1.165, 1.54) is 11.3 Å². The van der Waals surface area contributed by atoms with Gasteiger partial charge >= 0.3 is 6.03 Å². The van der Waals surface area contributed by atoms with Crippen molar-refractivity contribution in [2.24, 2.45) is 5.92 Å². The van der Waals surface area contributed by atoms with Crippen molar-refractivity contribution < 1.29 is 4.79 Å². The lowest BCUT2D eigenvalue weighted by Gasteiger charge is -2.33. The van der Waals surface area contributed by atoms with E-state index in [2.05, 4.69) is 35.8 Å². The van der Waals surface area contributed by atoms with Crippen molar-refractivity contribution in [1.29, 1.82) is 0 Å². The maximum Gasteiger partial charge on any atom is 0.317 e. The highest BCUT2D eigenvalue weighted by atomic mass is 16.2. The summed E-state index contributed by atoms with van der Waals surface area (Å²) in [5, 5.41) is 6.56. The van der Waals surface area contributed by atoms with Crippen molar-refractivity contribution >= 4 is 11.7 Å². The number of likely N-dealkylation sites (tertiary alicyclic amines) is 1. The van der Waals surface area contributed by atoms with E-state index in [-0.39, 0.29) is 12.1 Å². The van der Waals surface area contributed by atoms with Crippen LogP contribution in [0.25, 0.3) is 0 Å². The van der Waals surface area contributed by atoms with Crippen LogP contribution in [0.4, 0.5) is 10.5 Å². The van der Waals surface area contributed by atoms with Crippen LogP contribution in [0.15, 0.2) is 24.3 Å². The zero-order valence-electron chi connectivity index (χ0n) is 12.1. The lowest BCUT2D eigenvalue weighted by molar-refractivity contribution is 0.170. The normalized spacial score (nSPS) is 22.9. The molecule has 2 N–H and O–H groups in total. The van der Waals surface area contributed by atoms with E-state index in [1.807, 2.05) is 11.0 Å². The van der Waals surface area contributed by atoms with E-state index in [0.29, 0.717) is 0 Å². The van der Waals surface area contributed by atoms with Gasteiger partial charge in [0.15, 0.2) is 0 Å². The number of urea groups is 1. The molecule has 4 heteroatoms. The highest BCUT2D eigenvalue weighted by Crippen LogP contribution is 2.21. The lowest BCUT2D eigenvalue weighted by atomic mass is 9.99. The number of carbonyl (C=O) groups excluding carboxylic acids is 1. The number of piperidine rings is 1. The number of amides is 2. The Hall–Kier alpha value is -1.71. The Morgan fingerprint density at radius 3 is 2.85 bits per heavy atom. The predicted molar refractivity (Wildman–Crippen MR) is 80.9 cm³/mol. The summed E-state index contributed by atoms with van der Waals surface area (Å²) in [5.41, 5.74) is 2.49. The largest absolute Gasteiger partial charge is 0.383 e. The molecule has 0 radical (unpaired) electrons. The minimum absolute atomic E-state index is 0.100. The molecule has 4 nitrogen and oxygen atoms in total. The Morgan fingerprint density at radius 2 is 2.05 bits per heavy atom. The van der Waals surface area contributed by atoms with Crippen LogP contribution in [0.3, 0.4) is 0 Å². The first-order valence-corrected chi connectivity index (χ1v) is 7.59. The zero-order valence-corrected chi connectivity index (χ0v) is 12.1. The van der Waals surface area contributed by atoms with Gasteiger partial charge in [-0.15, -0.1) is 0 Å². The Balaban J connectivity index is 1.55. The Kier molecular flexibility index (Phi) is 3.81. The molecule has 1 atom stereocenters. The molecule has 1 unspecified atom stereocenters. The molecule has 1 fully saturated rings. The maximum absolute atomic E-state index is 12.3. The zero-order chi connectivity index (χ0) is 13.9. The molecule has 2 aliphatic heterocycles. The smallest absolute Gasteiger partial charge is 0.317 e. The number of nitrogens with zero attached hydrogens (tertiary/aromatic N) is 1. The van der Waals surface area contributed by atoms with Gasteiger partial charge in [0.05, 0.1) is 6.04 Å². The number of carbonyl (C=O) groups is 1. The summed E-state index contributed by atoms with van der Waals surface area (Å²) in [7, 11) is 0. The van der Waals surface area contributed by atoms with Crippen LogP contribution in [0.1, 0.15) is 25.3 Å². The lowest BCUT2D eigenvalue weighted by Crippen LogP contribution is -2.51. The second-order valence-electron chi connectivity index (χ2n) is 6.06. The molecule has 0 aromatic heterocycles. The minimum atomic E-state index is 0.100. The molecule has 108 valence electrons. The molecular weight excluding hydrogens is 250 g/mol. The van der Waals surface area contributed by atoms with Crippen molar-refractivity contribution in [3.05, 3.63) is 29.8 Å². The van der Waals surface area contributed by atoms with E-state index in [1.54, 1.807) is 0 Å². The summed E-state index contributed by atoms with van der Waals surface area (Å²) in [6.45, 7) is 4.86. The average Bonchev–Trinajstić information content (AvgIpc) is 2.48. The first kappa shape index (κ1) is 13.3. The number of anilines is 1. The van der Waals surface area contributed by atoms with Gasteiger partial charge in [0.25, 0.3) is 0 Å². The van der Waals surface area contributed by atoms with Crippen molar-refractivity contribution in [3.8, 4) is 0 Å². The van der Waals surface area contributed by atoms with Crippen molar-refractivity contribution in [3.63, 3.8) is 0 Å². The van der Waals surface area contributed by atoms with Crippen molar-refractivity contribution in [1.82, 2.24) is 10.2 Å². The number of benzene rings is 1. The SMILES string of the molecule is CC1CCN(C(=O)NC2CNc3ccccc3C2)CC1. The van der Waals surface area contributed by atoms with Crippen molar-refractivity contribution in [2.75, 3.05) is 25.0 Å². The fraction of sp³-hybridized carbons (Fsp3) is 0.562. The highest BCUT2D eigenvalue weighted by Gasteiger charge is 2.24. The molecule has 0 spiro atoms. The molecule has 2 amide bonds. The third-order valence-electron chi connectivity index (χ3n) is 4.42. The first-order valence-electron chi connectivity index (χ1n) is 7.59. The fourth-order valence-corrected chi connectivity index (χ4v) is 3.02. The highest BCUT2D eigenvalue weighted by molar-refractivity contribution is 5.75. The molecule has 1 saturated heterocycles.